The van der Waals surface area contributed by atoms with E-state index in [0.29, 0.717) is 11.0 Å². The van der Waals surface area contributed by atoms with Gasteiger partial charge >= 0.3 is 0 Å². The van der Waals surface area contributed by atoms with Crippen LogP contribution in [0.3, 0.4) is 0 Å². The maximum Gasteiger partial charge on any atom is 0.296 e. The summed E-state index contributed by atoms with van der Waals surface area (Å²) in [6, 6.07) is 1.70. The molecule has 0 saturated carbocycles. The Kier molecular flexibility index (Phi) is 4.51. The Balaban J connectivity index is 1.66. The van der Waals surface area contributed by atoms with E-state index in [0.717, 1.165) is 36.1 Å². The molecule has 0 unspecified atom stereocenters. The molecule has 1 fully saturated rings. The highest BCUT2D eigenvalue weighted by Gasteiger charge is 2.22. The zero-order chi connectivity index (χ0) is 14.7. The molecule has 0 aromatic carbocycles. The van der Waals surface area contributed by atoms with Gasteiger partial charge in [-0.2, -0.15) is 0 Å². The summed E-state index contributed by atoms with van der Waals surface area (Å²) >= 11 is 2.80. The number of nitrogens with one attached hydrogen (secondary N) is 1. The Morgan fingerprint density at radius 2 is 2.24 bits per heavy atom. The highest BCUT2D eigenvalue weighted by Crippen LogP contribution is 2.27. The van der Waals surface area contributed by atoms with Crippen LogP contribution in [-0.4, -0.2) is 40.7 Å². The average Bonchev–Trinajstić information content (AvgIpc) is 3.17. The minimum Gasteiger partial charge on any atom is -0.381 e. The van der Waals surface area contributed by atoms with Crippen LogP contribution in [-0.2, 0) is 4.74 Å². The molecule has 0 atom stereocenters. The lowest BCUT2D eigenvalue weighted by Gasteiger charge is -2.19. The van der Waals surface area contributed by atoms with Crippen LogP contribution in [0.25, 0.3) is 0 Å². The van der Waals surface area contributed by atoms with Crippen molar-refractivity contribution in [2.45, 2.75) is 23.1 Å². The Labute approximate surface area is 129 Å². The van der Waals surface area contributed by atoms with Crippen molar-refractivity contribution < 1.29 is 14.1 Å². The summed E-state index contributed by atoms with van der Waals surface area (Å²) in [5.74, 6) is 0.135. The lowest BCUT2D eigenvalue weighted by molar-refractivity contribution is 0.0837. The van der Waals surface area contributed by atoms with Crippen LogP contribution in [0.5, 0.6) is 0 Å². The number of hydrogen-bond donors (Lipinski definition) is 1. The van der Waals surface area contributed by atoms with Gasteiger partial charge in [0.2, 0.25) is 10.9 Å². The molecule has 9 heteroatoms. The van der Waals surface area contributed by atoms with Crippen LogP contribution in [0, 0.1) is 0 Å². The van der Waals surface area contributed by atoms with Gasteiger partial charge in [-0.25, -0.2) is 0 Å². The molecule has 3 heterocycles. The fourth-order valence-corrected chi connectivity index (χ4v) is 3.25. The number of ether oxygens (including phenoxy) is 1. The Morgan fingerprint density at radius 1 is 1.43 bits per heavy atom. The summed E-state index contributed by atoms with van der Waals surface area (Å²) < 4.78 is 11.2. The van der Waals surface area contributed by atoms with E-state index in [1.54, 1.807) is 6.07 Å². The van der Waals surface area contributed by atoms with Gasteiger partial charge in [0.25, 0.3) is 5.91 Å². The first-order valence-electron chi connectivity index (χ1n) is 6.49. The topological polar surface area (TPSA) is 90.1 Å². The van der Waals surface area contributed by atoms with Gasteiger partial charge in [0.15, 0.2) is 4.34 Å². The molecule has 112 valence electrons. The van der Waals surface area contributed by atoms with Crippen molar-refractivity contribution in [3.05, 3.63) is 17.5 Å². The number of thioether (sulfide) groups is 1. The van der Waals surface area contributed by atoms with E-state index >= 15 is 0 Å². The molecule has 1 amide bonds. The monoisotopic (exact) mass is 326 g/mol. The lowest BCUT2D eigenvalue weighted by atomic mass is 9.96. The van der Waals surface area contributed by atoms with E-state index in [1.807, 2.05) is 6.26 Å². The third-order valence-corrected chi connectivity index (χ3v) is 5.01. The van der Waals surface area contributed by atoms with E-state index in [9.17, 15) is 4.79 Å². The molecule has 1 aliphatic heterocycles. The van der Waals surface area contributed by atoms with Gasteiger partial charge in [0.1, 0.15) is 0 Å². The second-order valence-electron chi connectivity index (χ2n) is 4.53. The maximum atomic E-state index is 12.1. The molecule has 3 rings (SSSR count). The predicted octanol–water partition coefficient (Wildman–Crippen LogP) is 2.39. The summed E-state index contributed by atoms with van der Waals surface area (Å²) in [6.45, 7) is 1.45. The number of amides is 1. The maximum absolute atomic E-state index is 12.1. The molecule has 0 bridgehead atoms. The van der Waals surface area contributed by atoms with Crippen LogP contribution in [0.1, 0.15) is 35.0 Å². The third kappa shape index (κ3) is 3.42. The van der Waals surface area contributed by atoms with Crippen LogP contribution in [0.4, 0.5) is 5.13 Å². The zero-order valence-electron chi connectivity index (χ0n) is 11.4. The van der Waals surface area contributed by atoms with Crippen molar-refractivity contribution in [1.29, 1.82) is 0 Å². The van der Waals surface area contributed by atoms with Crippen LogP contribution >= 0.6 is 23.1 Å². The molecule has 7 nitrogen and oxygen atoms in total. The van der Waals surface area contributed by atoms with Gasteiger partial charge in [-0.05, 0) is 19.1 Å². The molecule has 1 saturated heterocycles. The Hall–Kier alpha value is -1.45. The molecule has 2 aromatic rings. The largest absolute Gasteiger partial charge is 0.381 e. The third-order valence-electron chi connectivity index (χ3n) is 3.19. The number of carbonyl (C=O) groups excluding carboxylic acids is 1. The fourth-order valence-electron chi connectivity index (χ4n) is 2.08. The fraction of sp³-hybridized carbons (Fsp3) is 0.500. The zero-order valence-corrected chi connectivity index (χ0v) is 13.0. The van der Waals surface area contributed by atoms with Crippen molar-refractivity contribution in [2.24, 2.45) is 0 Å². The molecule has 1 aliphatic rings. The normalized spacial score (nSPS) is 16.0. The summed E-state index contributed by atoms with van der Waals surface area (Å²) in [5.41, 5.74) is 0.811. The second kappa shape index (κ2) is 6.54. The first-order valence-corrected chi connectivity index (χ1v) is 8.53. The van der Waals surface area contributed by atoms with Gasteiger partial charge in [-0.1, -0.05) is 28.3 Å². The average molecular weight is 326 g/mol. The van der Waals surface area contributed by atoms with Crippen molar-refractivity contribution in [3.8, 4) is 0 Å². The number of carbonyl (C=O) groups is 1. The smallest absolute Gasteiger partial charge is 0.296 e. The van der Waals surface area contributed by atoms with Gasteiger partial charge < -0.3 is 9.26 Å². The highest BCUT2D eigenvalue weighted by molar-refractivity contribution is 8.00. The van der Waals surface area contributed by atoms with E-state index in [2.05, 4.69) is 20.7 Å². The van der Waals surface area contributed by atoms with Gasteiger partial charge in [0.05, 0.1) is 5.69 Å². The quantitative estimate of drug-likeness (QED) is 0.681. The summed E-state index contributed by atoms with van der Waals surface area (Å²) in [4.78, 5) is 12.1. The lowest BCUT2D eigenvalue weighted by Crippen LogP contribution is -2.14. The number of anilines is 1. The molecule has 0 aliphatic carbocycles. The summed E-state index contributed by atoms with van der Waals surface area (Å²) in [6.07, 6.45) is 3.71. The first kappa shape index (κ1) is 14.5. The predicted molar refractivity (Wildman–Crippen MR) is 78.9 cm³/mol. The van der Waals surface area contributed by atoms with Crippen molar-refractivity contribution >= 4 is 34.1 Å². The second-order valence-corrected chi connectivity index (χ2v) is 6.56. The van der Waals surface area contributed by atoms with Crippen molar-refractivity contribution in [3.63, 3.8) is 0 Å². The molecular formula is C12H14N4O3S2. The Bertz CT molecular complexity index is 622. The molecule has 21 heavy (non-hydrogen) atoms. The number of aromatic nitrogens is 3. The van der Waals surface area contributed by atoms with Crippen molar-refractivity contribution in [2.75, 3.05) is 24.8 Å². The SMILES string of the molecule is CSc1nnc(NC(=O)c2cc(C3CCOCC3)no2)s1. The minimum atomic E-state index is -0.357. The van der Waals surface area contributed by atoms with Crippen LogP contribution in [0.15, 0.2) is 14.9 Å². The van der Waals surface area contributed by atoms with Crippen molar-refractivity contribution in [1.82, 2.24) is 15.4 Å². The van der Waals surface area contributed by atoms with Gasteiger partial charge in [-0.3, -0.25) is 10.1 Å². The van der Waals surface area contributed by atoms with Crippen LogP contribution in [0.2, 0.25) is 0 Å². The number of rotatable bonds is 4. The molecule has 1 N–H and O–H groups in total. The Morgan fingerprint density at radius 3 is 2.95 bits per heavy atom. The summed E-state index contributed by atoms with van der Waals surface area (Å²) in [5, 5.41) is 14.9. The van der Waals surface area contributed by atoms with Gasteiger partial charge in [-0.15, -0.1) is 10.2 Å². The summed E-state index contributed by atoms with van der Waals surface area (Å²) in [7, 11) is 0. The minimum absolute atomic E-state index is 0.192. The highest BCUT2D eigenvalue weighted by atomic mass is 32.2. The molecule has 0 spiro atoms. The molecular weight excluding hydrogens is 312 g/mol. The number of hydrogen-bond acceptors (Lipinski definition) is 8. The van der Waals surface area contributed by atoms with E-state index in [1.165, 1.54) is 23.1 Å². The van der Waals surface area contributed by atoms with E-state index in [4.69, 9.17) is 9.26 Å². The van der Waals surface area contributed by atoms with E-state index < -0.39 is 0 Å². The number of nitrogens with zero attached hydrogens (tertiary/aromatic N) is 3. The van der Waals surface area contributed by atoms with Crippen LogP contribution < -0.4 is 5.32 Å². The van der Waals surface area contributed by atoms with E-state index in [-0.39, 0.29) is 11.7 Å². The first-order chi connectivity index (χ1) is 10.3. The standard InChI is InChI=1S/C12H14N4O3S2/c1-20-12-15-14-11(21-12)13-10(17)9-6-8(16-19-9)7-2-4-18-5-3-7/h6-7H,2-5H2,1H3,(H,13,14,17). The molecule has 0 radical (unpaired) electrons. The molecule has 2 aromatic heterocycles. The van der Waals surface area contributed by atoms with Gasteiger partial charge in [0, 0.05) is 25.2 Å².